The Morgan fingerprint density at radius 3 is 2.50 bits per heavy atom. The zero-order valence-electron chi connectivity index (χ0n) is 10.8. The lowest BCUT2D eigenvalue weighted by Gasteiger charge is -2.22. The summed E-state index contributed by atoms with van der Waals surface area (Å²) >= 11 is 0. The number of methoxy groups -OCH3 is 2. The topological polar surface area (TPSA) is 73.6 Å². The van der Waals surface area contributed by atoms with Gasteiger partial charge in [0.15, 0.2) is 6.29 Å². The minimum atomic E-state index is -0.383. The third-order valence-electron chi connectivity index (χ3n) is 2.68. The van der Waals surface area contributed by atoms with Crippen LogP contribution in [0.3, 0.4) is 0 Å². The van der Waals surface area contributed by atoms with Crippen LogP contribution in [0.2, 0.25) is 0 Å². The quantitative estimate of drug-likeness (QED) is 0.455. The van der Waals surface area contributed by atoms with Gasteiger partial charge in [-0.25, -0.2) is 0 Å². The van der Waals surface area contributed by atoms with Gasteiger partial charge in [0.25, 0.3) is 5.69 Å². The third-order valence-corrected chi connectivity index (χ3v) is 2.68. The molecule has 0 fully saturated rings. The Labute approximate surface area is 106 Å². The van der Waals surface area contributed by atoms with E-state index in [2.05, 4.69) is 5.32 Å². The number of rotatable bonds is 7. The second kappa shape index (κ2) is 7.05. The normalized spacial score (nSPS) is 12.7. The van der Waals surface area contributed by atoms with Crippen molar-refractivity contribution in [1.82, 2.24) is 5.32 Å². The van der Waals surface area contributed by atoms with Crippen molar-refractivity contribution in [1.29, 1.82) is 0 Å². The predicted octanol–water partition coefficient (Wildman–Crippen LogP) is 1.69. The fourth-order valence-corrected chi connectivity index (χ4v) is 1.71. The number of nitro groups is 1. The van der Waals surface area contributed by atoms with Crippen molar-refractivity contribution >= 4 is 5.69 Å². The summed E-state index contributed by atoms with van der Waals surface area (Å²) in [6, 6.07) is 6.58. The highest BCUT2D eigenvalue weighted by molar-refractivity contribution is 5.39. The molecule has 6 heteroatoms. The molecular weight excluding hydrogens is 236 g/mol. The van der Waals surface area contributed by atoms with Crippen LogP contribution < -0.4 is 5.32 Å². The second-order valence-electron chi connectivity index (χ2n) is 3.90. The molecular formula is C12H18N2O4. The molecule has 1 rings (SSSR count). The van der Waals surface area contributed by atoms with Crippen LogP contribution in [0.1, 0.15) is 12.5 Å². The van der Waals surface area contributed by atoms with Crippen LogP contribution in [-0.4, -0.2) is 31.5 Å². The summed E-state index contributed by atoms with van der Waals surface area (Å²) < 4.78 is 10.2. The fraction of sp³-hybridized carbons (Fsp3) is 0.500. The largest absolute Gasteiger partial charge is 0.354 e. The molecule has 0 aliphatic carbocycles. The highest BCUT2D eigenvalue weighted by atomic mass is 16.7. The Kier molecular flexibility index (Phi) is 5.70. The van der Waals surface area contributed by atoms with Crippen LogP contribution in [0.25, 0.3) is 0 Å². The van der Waals surface area contributed by atoms with Crippen molar-refractivity contribution in [3.8, 4) is 0 Å². The lowest BCUT2D eigenvalue weighted by molar-refractivity contribution is -0.385. The summed E-state index contributed by atoms with van der Waals surface area (Å²) in [5.74, 6) is 0. The number of ether oxygens (including phenoxy) is 2. The van der Waals surface area contributed by atoms with Gasteiger partial charge in [-0.15, -0.1) is 0 Å². The van der Waals surface area contributed by atoms with E-state index in [9.17, 15) is 10.1 Å². The summed E-state index contributed by atoms with van der Waals surface area (Å²) in [5.41, 5.74) is 0.754. The molecule has 1 aromatic carbocycles. The molecule has 0 heterocycles. The molecule has 100 valence electrons. The van der Waals surface area contributed by atoms with Crippen LogP contribution in [0.4, 0.5) is 5.69 Å². The highest BCUT2D eigenvalue weighted by Gasteiger charge is 2.17. The van der Waals surface area contributed by atoms with E-state index in [0.29, 0.717) is 12.1 Å². The van der Waals surface area contributed by atoms with Crippen molar-refractivity contribution in [3.05, 3.63) is 39.9 Å². The van der Waals surface area contributed by atoms with Gasteiger partial charge >= 0.3 is 0 Å². The number of hydrogen-bond acceptors (Lipinski definition) is 5. The van der Waals surface area contributed by atoms with E-state index in [4.69, 9.17) is 9.47 Å². The summed E-state index contributed by atoms with van der Waals surface area (Å²) in [7, 11) is 3.11. The number of benzene rings is 1. The molecule has 0 radical (unpaired) electrons. The van der Waals surface area contributed by atoms with Gasteiger partial charge in [-0.2, -0.15) is 0 Å². The van der Waals surface area contributed by atoms with Crippen LogP contribution in [0, 0.1) is 10.1 Å². The first-order chi connectivity index (χ1) is 8.60. The first-order valence-corrected chi connectivity index (χ1v) is 5.61. The molecule has 0 aromatic heterocycles. The summed E-state index contributed by atoms with van der Waals surface area (Å²) in [4.78, 5) is 10.5. The van der Waals surface area contributed by atoms with Crippen molar-refractivity contribution < 1.29 is 14.4 Å². The minimum Gasteiger partial charge on any atom is -0.354 e. The van der Waals surface area contributed by atoms with Gasteiger partial charge in [0.05, 0.1) is 11.0 Å². The molecule has 6 nitrogen and oxygen atoms in total. The Bertz CT molecular complexity index is 393. The van der Waals surface area contributed by atoms with E-state index in [1.807, 2.05) is 6.92 Å². The molecule has 0 aliphatic heterocycles. The maximum absolute atomic E-state index is 10.8. The molecule has 0 aliphatic rings. The molecule has 0 saturated carbocycles. The average molecular weight is 254 g/mol. The number of nitro benzene ring substituents is 1. The van der Waals surface area contributed by atoms with Crippen LogP contribution >= 0.6 is 0 Å². The van der Waals surface area contributed by atoms with Crippen LogP contribution in [0.5, 0.6) is 0 Å². The molecule has 1 atom stereocenters. The van der Waals surface area contributed by atoms with Crippen molar-refractivity contribution in [2.24, 2.45) is 0 Å². The Morgan fingerprint density at radius 2 is 1.94 bits per heavy atom. The van der Waals surface area contributed by atoms with Crippen LogP contribution in [-0.2, 0) is 16.0 Å². The monoisotopic (exact) mass is 254 g/mol. The van der Waals surface area contributed by atoms with Gasteiger partial charge in [-0.3, -0.25) is 10.1 Å². The van der Waals surface area contributed by atoms with Gasteiger partial charge in [-0.1, -0.05) is 18.2 Å². The van der Waals surface area contributed by atoms with Gasteiger partial charge < -0.3 is 14.8 Å². The lowest BCUT2D eigenvalue weighted by atomic mass is 10.1. The first kappa shape index (κ1) is 14.6. The second-order valence-corrected chi connectivity index (χ2v) is 3.90. The molecule has 18 heavy (non-hydrogen) atoms. The minimum absolute atomic E-state index is 0.0696. The molecule has 0 saturated heterocycles. The first-order valence-electron chi connectivity index (χ1n) is 5.61. The Hall–Kier alpha value is -1.50. The SMILES string of the molecule is COC(OC)C(C)NCc1ccccc1[N+](=O)[O-]. The molecule has 0 amide bonds. The number of nitrogens with one attached hydrogen (secondary N) is 1. The maximum atomic E-state index is 10.8. The summed E-state index contributed by atoms with van der Waals surface area (Å²) in [6.45, 7) is 2.29. The van der Waals surface area contributed by atoms with E-state index >= 15 is 0 Å². The number of nitrogens with zero attached hydrogens (tertiary/aromatic N) is 1. The van der Waals surface area contributed by atoms with Crippen molar-refractivity contribution in [2.75, 3.05) is 14.2 Å². The van der Waals surface area contributed by atoms with E-state index < -0.39 is 0 Å². The smallest absolute Gasteiger partial charge is 0.273 e. The average Bonchev–Trinajstić information content (AvgIpc) is 2.38. The Morgan fingerprint density at radius 1 is 1.33 bits per heavy atom. The van der Waals surface area contributed by atoms with Gasteiger partial charge in [-0.05, 0) is 6.92 Å². The predicted molar refractivity (Wildman–Crippen MR) is 67.2 cm³/mol. The maximum Gasteiger partial charge on any atom is 0.273 e. The third kappa shape index (κ3) is 3.76. The fourth-order valence-electron chi connectivity index (χ4n) is 1.71. The van der Waals surface area contributed by atoms with E-state index in [1.165, 1.54) is 6.07 Å². The standard InChI is InChI=1S/C12H18N2O4/c1-9(12(17-2)18-3)13-8-10-6-4-5-7-11(10)14(15)16/h4-7,9,12-13H,8H2,1-3H3. The summed E-state index contributed by atoms with van der Waals surface area (Å²) in [5, 5.41) is 14.0. The van der Waals surface area contributed by atoms with Crippen LogP contribution in [0.15, 0.2) is 24.3 Å². The molecule has 1 aromatic rings. The van der Waals surface area contributed by atoms with Crippen molar-refractivity contribution in [3.63, 3.8) is 0 Å². The molecule has 1 N–H and O–H groups in total. The van der Waals surface area contributed by atoms with E-state index in [-0.39, 0.29) is 22.9 Å². The van der Waals surface area contributed by atoms with Gasteiger partial charge in [0.1, 0.15) is 0 Å². The zero-order chi connectivity index (χ0) is 13.5. The van der Waals surface area contributed by atoms with E-state index in [1.54, 1.807) is 32.4 Å². The number of hydrogen-bond donors (Lipinski definition) is 1. The lowest BCUT2D eigenvalue weighted by Crippen LogP contribution is -2.39. The molecule has 1 unspecified atom stereocenters. The van der Waals surface area contributed by atoms with Gasteiger partial charge in [0.2, 0.25) is 0 Å². The zero-order valence-corrected chi connectivity index (χ0v) is 10.8. The van der Waals surface area contributed by atoms with E-state index in [0.717, 1.165) is 0 Å². The summed E-state index contributed by atoms with van der Waals surface area (Å²) in [6.07, 6.45) is -0.382. The number of para-hydroxylation sites is 1. The van der Waals surface area contributed by atoms with Crippen molar-refractivity contribution in [2.45, 2.75) is 25.8 Å². The highest BCUT2D eigenvalue weighted by Crippen LogP contribution is 2.17. The molecule has 0 spiro atoms. The molecule has 0 bridgehead atoms. The van der Waals surface area contributed by atoms with Gasteiger partial charge in [0, 0.05) is 32.4 Å². The Balaban J connectivity index is 2.66.